The van der Waals surface area contributed by atoms with Gasteiger partial charge in [0.05, 0.1) is 5.69 Å². The van der Waals surface area contributed by atoms with E-state index < -0.39 is 0 Å². The maximum atomic E-state index is 13.9. The van der Waals surface area contributed by atoms with Crippen LogP contribution in [0.2, 0.25) is 0 Å². The Balaban J connectivity index is 2.40. The lowest BCUT2D eigenvalue weighted by Gasteiger charge is -2.04. The van der Waals surface area contributed by atoms with Crippen molar-refractivity contribution in [2.24, 2.45) is 0 Å². The van der Waals surface area contributed by atoms with Crippen molar-refractivity contribution in [3.8, 4) is 10.6 Å². The predicted octanol–water partition coefficient (Wildman–Crippen LogP) is 4.77. The third-order valence-corrected chi connectivity index (χ3v) is 3.96. The highest BCUT2D eigenvalue weighted by atomic mass is 32.1. The number of hydrogen-bond donors (Lipinski definition) is 0. The predicted molar refractivity (Wildman–Crippen MR) is 71.0 cm³/mol. The third kappa shape index (κ3) is 2.39. The van der Waals surface area contributed by atoms with Crippen LogP contribution in [0.3, 0.4) is 0 Å². The molecule has 1 nitrogen and oxygen atoms in total. The Kier molecular flexibility index (Phi) is 3.57. The summed E-state index contributed by atoms with van der Waals surface area (Å²) in [6.45, 7) is 6.06. The molecule has 0 aliphatic rings. The summed E-state index contributed by atoms with van der Waals surface area (Å²) >= 11 is 1.52. The molecule has 0 radical (unpaired) electrons. The van der Waals surface area contributed by atoms with Crippen molar-refractivity contribution >= 4 is 11.3 Å². The summed E-state index contributed by atoms with van der Waals surface area (Å²) in [5, 5.41) is 2.81. The molecule has 17 heavy (non-hydrogen) atoms. The first-order valence-electron chi connectivity index (χ1n) is 5.84. The molecule has 0 amide bonds. The Morgan fingerprint density at radius 3 is 2.88 bits per heavy atom. The quantitative estimate of drug-likeness (QED) is 0.763. The number of aromatic nitrogens is 1. The number of thiazole rings is 1. The highest BCUT2D eigenvalue weighted by Gasteiger charge is 2.13. The van der Waals surface area contributed by atoms with Crippen LogP contribution in [0.25, 0.3) is 10.6 Å². The van der Waals surface area contributed by atoms with E-state index >= 15 is 0 Å². The molecule has 0 bridgehead atoms. The van der Waals surface area contributed by atoms with Gasteiger partial charge in [0, 0.05) is 10.9 Å². The van der Waals surface area contributed by atoms with E-state index in [1.165, 1.54) is 11.3 Å². The fourth-order valence-electron chi connectivity index (χ4n) is 1.66. The van der Waals surface area contributed by atoms with Gasteiger partial charge in [-0.15, -0.1) is 11.3 Å². The topological polar surface area (TPSA) is 12.9 Å². The van der Waals surface area contributed by atoms with Gasteiger partial charge in [0.15, 0.2) is 0 Å². The molecule has 0 fully saturated rings. The largest absolute Gasteiger partial charge is 0.241 e. The van der Waals surface area contributed by atoms with Crippen molar-refractivity contribution in [1.29, 1.82) is 0 Å². The van der Waals surface area contributed by atoms with Crippen molar-refractivity contribution in [3.05, 3.63) is 40.7 Å². The summed E-state index contributed by atoms with van der Waals surface area (Å²) in [5.41, 5.74) is 2.35. The normalized spacial score (nSPS) is 12.7. The van der Waals surface area contributed by atoms with Crippen LogP contribution in [-0.2, 0) is 0 Å². The van der Waals surface area contributed by atoms with Gasteiger partial charge < -0.3 is 0 Å². The van der Waals surface area contributed by atoms with Crippen LogP contribution >= 0.6 is 11.3 Å². The maximum absolute atomic E-state index is 13.9. The summed E-state index contributed by atoms with van der Waals surface area (Å²) in [7, 11) is 0. The molecule has 2 aromatic rings. The van der Waals surface area contributed by atoms with Crippen LogP contribution in [0, 0.1) is 12.7 Å². The summed E-state index contributed by atoms with van der Waals surface area (Å²) in [6.07, 6.45) is 1.06. The molecule has 2 rings (SSSR count). The number of aryl methyl sites for hydroxylation is 1. The van der Waals surface area contributed by atoms with Gasteiger partial charge in [-0.2, -0.15) is 0 Å². The first kappa shape index (κ1) is 12.2. The molecule has 1 atom stereocenters. The van der Waals surface area contributed by atoms with Gasteiger partial charge in [0.1, 0.15) is 10.8 Å². The molecule has 0 saturated heterocycles. The van der Waals surface area contributed by atoms with Crippen molar-refractivity contribution in [2.75, 3.05) is 0 Å². The van der Waals surface area contributed by atoms with E-state index in [9.17, 15) is 4.39 Å². The summed E-state index contributed by atoms with van der Waals surface area (Å²) < 4.78 is 13.9. The van der Waals surface area contributed by atoms with E-state index in [1.807, 2.05) is 11.4 Å². The number of halogens is 1. The van der Waals surface area contributed by atoms with Crippen LogP contribution in [0.1, 0.15) is 37.4 Å². The van der Waals surface area contributed by atoms with Crippen molar-refractivity contribution in [3.63, 3.8) is 0 Å². The second-order valence-electron chi connectivity index (χ2n) is 4.32. The molecule has 1 aromatic heterocycles. The van der Waals surface area contributed by atoms with Gasteiger partial charge in [-0.25, -0.2) is 9.37 Å². The van der Waals surface area contributed by atoms with Gasteiger partial charge in [0.25, 0.3) is 0 Å². The average Bonchev–Trinajstić information content (AvgIpc) is 2.81. The van der Waals surface area contributed by atoms with Crippen LogP contribution in [0.15, 0.2) is 23.6 Å². The lowest BCUT2D eigenvalue weighted by molar-refractivity contribution is 0.621. The van der Waals surface area contributed by atoms with E-state index in [2.05, 4.69) is 18.8 Å². The minimum Gasteiger partial charge on any atom is -0.241 e. The van der Waals surface area contributed by atoms with Crippen molar-refractivity contribution < 1.29 is 4.39 Å². The van der Waals surface area contributed by atoms with Crippen molar-refractivity contribution in [2.45, 2.75) is 33.1 Å². The first-order valence-corrected chi connectivity index (χ1v) is 6.72. The van der Waals surface area contributed by atoms with Crippen LogP contribution in [0.4, 0.5) is 4.39 Å². The maximum Gasteiger partial charge on any atom is 0.136 e. The van der Waals surface area contributed by atoms with E-state index in [0.29, 0.717) is 17.0 Å². The number of benzene rings is 1. The SMILES string of the molecule is CCC(C)c1csc(-c2cccc(C)c2F)n1. The van der Waals surface area contributed by atoms with Gasteiger partial charge in [0.2, 0.25) is 0 Å². The zero-order chi connectivity index (χ0) is 12.4. The van der Waals surface area contributed by atoms with Gasteiger partial charge in [-0.05, 0) is 30.9 Å². The molecule has 0 spiro atoms. The molecule has 0 N–H and O–H groups in total. The van der Waals surface area contributed by atoms with Crippen LogP contribution in [-0.4, -0.2) is 4.98 Å². The molecular formula is C14H16FNS. The van der Waals surface area contributed by atoms with Crippen LogP contribution < -0.4 is 0 Å². The summed E-state index contributed by atoms with van der Waals surface area (Å²) in [4.78, 5) is 4.53. The highest BCUT2D eigenvalue weighted by Crippen LogP contribution is 2.30. The molecule has 90 valence electrons. The summed E-state index contributed by atoms with van der Waals surface area (Å²) in [6, 6.07) is 5.45. The fourth-order valence-corrected chi connectivity index (χ4v) is 2.62. The second-order valence-corrected chi connectivity index (χ2v) is 5.18. The molecule has 1 heterocycles. The number of rotatable bonds is 3. The highest BCUT2D eigenvalue weighted by molar-refractivity contribution is 7.13. The molecule has 1 unspecified atom stereocenters. The standard InChI is InChI=1S/C14H16FNS/c1-4-9(2)12-8-17-14(16-12)11-7-5-6-10(3)13(11)15/h5-9H,4H2,1-3H3. The first-order chi connectivity index (χ1) is 8.13. The molecule has 1 aromatic carbocycles. The number of nitrogens with zero attached hydrogens (tertiary/aromatic N) is 1. The Hall–Kier alpha value is -1.22. The zero-order valence-corrected chi connectivity index (χ0v) is 11.1. The molecule has 0 aliphatic carbocycles. The second kappa shape index (κ2) is 4.96. The smallest absolute Gasteiger partial charge is 0.136 e. The minimum atomic E-state index is -0.155. The lowest BCUT2D eigenvalue weighted by atomic mass is 10.1. The fraction of sp³-hybridized carbons (Fsp3) is 0.357. The van der Waals surface area contributed by atoms with E-state index in [1.54, 1.807) is 19.1 Å². The lowest BCUT2D eigenvalue weighted by Crippen LogP contribution is -1.92. The summed E-state index contributed by atoms with van der Waals surface area (Å²) in [5.74, 6) is 0.283. The molecular weight excluding hydrogens is 233 g/mol. The van der Waals surface area contributed by atoms with Crippen LogP contribution in [0.5, 0.6) is 0 Å². The van der Waals surface area contributed by atoms with E-state index in [4.69, 9.17) is 0 Å². The average molecular weight is 249 g/mol. The number of hydrogen-bond acceptors (Lipinski definition) is 2. The Labute approximate surface area is 105 Å². The monoisotopic (exact) mass is 249 g/mol. The molecule has 0 saturated carbocycles. The third-order valence-electron chi connectivity index (χ3n) is 3.06. The molecule has 3 heteroatoms. The molecule has 0 aliphatic heterocycles. The minimum absolute atomic E-state index is 0.155. The van der Waals surface area contributed by atoms with Gasteiger partial charge in [-0.1, -0.05) is 26.0 Å². The van der Waals surface area contributed by atoms with Gasteiger partial charge >= 0.3 is 0 Å². The van der Waals surface area contributed by atoms with Gasteiger partial charge in [-0.3, -0.25) is 0 Å². The zero-order valence-electron chi connectivity index (χ0n) is 10.3. The van der Waals surface area contributed by atoms with E-state index in [-0.39, 0.29) is 5.82 Å². The van der Waals surface area contributed by atoms with E-state index in [0.717, 1.165) is 17.1 Å². The Morgan fingerprint density at radius 2 is 2.18 bits per heavy atom. The Bertz CT molecular complexity index is 519. The van der Waals surface area contributed by atoms with Crippen molar-refractivity contribution in [1.82, 2.24) is 4.98 Å². The Morgan fingerprint density at radius 1 is 1.41 bits per heavy atom.